The molecule has 0 aliphatic carbocycles. The topological polar surface area (TPSA) is 252 Å². The van der Waals surface area contributed by atoms with Gasteiger partial charge in [-0.2, -0.15) is 5.10 Å². The number of aryl methyl sites for hydroxylation is 1. The van der Waals surface area contributed by atoms with Crippen molar-refractivity contribution in [3.63, 3.8) is 0 Å². The first-order chi connectivity index (χ1) is 28.5. The number of hydrogen-bond donors (Lipinski definition) is 5. The lowest BCUT2D eigenvalue weighted by Gasteiger charge is -2.24. The Kier molecular flexibility index (Phi) is 18.4. The van der Waals surface area contributed by atoms with Gasteiger partial charge in [0.15, 0.2) is 5.58 Å². The maximum atomic E-state index is 12.9. The number of aliphatic hydroxyl groups is 1. The summed E-state index contributed by atoms with van der Waals surface area (Å²) in [6, 6.07) is 19.6. The molecule has 0 unspecified atom stereocenters. The van der Waals surface area contributed by atoms with Crippen LogP contribution in [0.2, 0.25) is 0 Å². The molecule has 0 aliphatic rings. The third kappa shape index (κ3) is 15.2. The summed E-state index contributed by atoms with van der Waals surface area (Å²) in [7, 11) is 1.56. The quantitative estimate of drug-likeness (QED) is 0.0496. The van der Waals surface area contributed by atoms with E-state index >= 15 is 0 Å². The SMILES string of the molecule is CC(C)C[C@H](NC(=O)[C@@H](O)[C@H](N)Cc1ccccc1)C(=O)NCCOCCOCCOc1ccc(COc2ccc3oc(-c4ccc(=O)n(C)n4)nc3c2)nc1.O=CO. The third-order valence-corrected chi connectivity index (χ3v) is 8.47. The molecule has 0 spiro atoms. The Morgan fingerprint density at radius 2 is 1.64 bits per heavy atom. The number of fused-ring (bicyclic) bond motifs is 1. The number of oxazole rings is 1. The van der Waals surface area contributed by atoms with Crippen LogP contribution in [0.25, 0.3) is 22.7 Å². The fraction of sp³-hybridized carbons (Fsp3) is 0.390. The van der Waals surface area contributed by atoms with Crippen LogP contribution >= 0.6 is 0 Å². The summed E-state index contributed by atoms with van der Waals surface area (Å²) in [4.78, 5) is 54.5. The molecule has 316 valence electrons. The van der Waals surface area contributed by atoms with E-state index in [0.29, 0.717) is 79.1 Å². The van der Waals surface area contributed by atoms with Crippen molar-refractivity contribution in [3.05, 3.63) is 101 Å². The Balaban J connectivity index is 0.00000248. The van der Waals surface area contributed by atoms with Gasteiger partial charge in [-0.1, -0.05) is 44.2 Å². The number of carbonyl (C=O) groups excluding carboxylic acids is 2. The van der Waals surface area contributed by atoms with Crippen molar-refractivity contribution < 1.29 is 48.0 Å². The second kappa shape index (κ2) is 23.9. The number of benzene rings is 2. The highest BCUT2D eigenvalue weighted by atomic mass is 16.5. The van der Waals surface area contributed by atoms with E-state index in [1.54, 1.807) is 43.6 Å². The minimum Gasteiger partial charge on any atom is -0.490 e. The molecular weight excluding hydrogens is 766 g/mol. The number of aromatic nitrogens is 4. The minimum absolute atomic E-state index is 0.124. The number of nitrogens with one attached hydrogen (secondary N) is 2. The Bertz CT molecular complexity index is 2110. The van der Waals surface area contributed by atoms with Crippen LogP contribution in [-0.4, -0.2) is 106 Å². The van der Waals surface area contributed by atoms with Gasteiger partial charge in [0.25, 0.3) is 17.9 Å². The summed E-state index contributed by atoms with van der Waals surface area (Å²) in [5.74, 6) is 0.564. The molecule has 0 fully saturated rings. The first-order valence-electron chi connectivity index (χ1n) is 18.9. The van der Waals surface area contributed by atoms with E-state index in [0.717, 1.165) is 5.56 Å². The number of nitrogens with zero attached hydrogens (tertiary/aromatic N) is 4. The van der Waals surface area contributed by atoms with Gasteiger partial charge in [-0.25, -0.2) is 9.67 Å². The smallest absolute Gasteiger partial charge is 0.290 e. The molecule has 0 saturated heterocycles. The average molecular weight is 818 g/mol. The van der Waals surface area contributed by atoms with Gasteiger partial charge in [-0.15, -0.1) is 0 Å². The number of carboxylic acid groups (broad SMARTS) is 1. The molecule has 5 rings (SSSR count). The van der Waals surface area contributed by atoms with Gasteiger partial charge >= 0.3 is 0 Å². The highest BCUT2D eigenvalue weighted by molar-refractivity contribution is 5.89. The van der Waals surface area contributed by atoms with Crippen molar-refractivity contribution in [2.24, 2.45) is 18.7 Å². The molecule has 0 saturated carbocycles. The molecule has 0 aliphatic heterocycles. The van der Waals surface area contributed by atoms with E-state index in [4.69, 9.17) is 39.0 Å². The lowest BCUT2D eigenvalue weighted by atomic mass is 10.00. The van der Waals surface area contributed by atoms with Crippen molar-refractivity contribution >= 4 is 29.4 Å². The molecule has 2 amide bonds. The maximum absolute atomic E-state index is 12.9. The number of amides is 2. The minimum atomic E-state index is -1.46. The van der Waals surface area contributed by atoms with Crippen LogP contribution in [0.15, 0.2) is 88.2 Å². The molecule has 18 heteroatoms. The van der Waals surface area contributed by atoms with E-state index < -0.39 is 24.1 Å². The Morgan fingerprint density at radius 3 is 2.34 bits per heavy atom. The molecule has 5 aromatic rings. The van der Waals surface area contributed by atoms with Crippen LogP contribution in [0.3, 0.4) is 0 Å². The molecule has 18 nitrogen and oxygen atoms in total. The number of hydrogen-bond acceptors (Lipinski definition) is 14. The molecule has 3 aromatic heterocycles. The van der Waals surface area contributed by atoms with E-state index in [-0.39, 0.29) is 43.6 Å². The molecule has 3 atom stereocenters. The van der Waals surface area contributed by atoms with Crippen LogP contribution in [-0.2, 0) is 43.9 Å². The van der Waals surface area contributed by atoms with Gasteiger partial charge in [0.1, 0.15) is 48.1 Å². The zero-order valence-electron chi connectivity index (χ0n) is 33.2. The summed E-state index contributed by atoms with van der Waals surface area (Å²) in [5.41, 5.74) is 9.08. The first-order valence-corrected chi connectivity index (χ1v) is 18.9. The number of aliphatic hydroxyl groups excluding tert-OH is 1. The van der Waals surface area contributed by atoms with Crippen LogP contribution < -0.4 is 31.4 Å². The highest BCUT2D eigenvalue weighted by Gasteiger charge is 2.28. The lowest BCUT2D eigenvalue weighted by molar-refractivity contribution is -0.135. The van der Waals surface area contributed by atoms with Crippen molar-refractivity contribution in [2.75, 3.05) is 39.6 Å². The van der Waals surface area contributed by atoms with Crippen LogP contribution in [0.4, 0.5) is 0 Å². The number of nitrogens with two attached hydrogens (primary N) is 1. The molecule has 0 radical (unpaired) electrons. The predicted molar refractivity (Wildman–Crippen MR) is 215 cm³/mol. The number of carbonyl (C=O) groups is 3. The number of rotatable bonds is 22. The second-order valence-electron chi connectivity index (χ2n) is 13.6. The molecule has 0 bridgehead atoms. The Hall–Kier alpha value is -6.21. The second-order valence-corrected chi connectivity index (χ2v) is 13.6. The lowest BCUT2D eigenvalue weighted by Crippen LogP contribution is -2.54. The van der Waals surface area contributed by atoms with Crippen LogP contribution in [0, 0.1) is 5.92 Å². The monoisotopic (exact) mass is 817 g/mol. The first kappa shape index (κ1) is 45.5. The van der Waals surface area contributed by atoms with Crippen LogP contribution in [0.1, 0.15) is 31.5 Å². The van der Waals surface area contributed by atoms with Gasteiger partial charge in [0, 0.05) is 31.8 Å². The van der Waals surface area contributed by atoms with Gasteiger partial charge in [-0.3, -0.25) is 24.2 Å². The van der Waals surface area contributed by atoms with E-state index in [1.807, 2.05) is 50.2 Å². The summed E-state index contributed by atoms with van der Waals surface area (Å²) in [5, 5.41) is 27.0. The van der Waals surface area contributed by atoms with Crippen molar-refractivity contribution in [3.8, 4) is 23.1 Å². The number of ether oxygens (including phenoxy) is 4. The molecule has 2 aromatic carbocycles. The summed E-state index contributed by atoms with van der Waals surface area (Å²) in [6.45, 7) is 5.68. The van der Waals surface area contributed by atoms with E-state index in [2.05, 4.69) is 25.7 Å². The van der Waals surface area contributed by atoms with Gasteiger partial charge in [-0.05, 0) is 54.7 Å². The standard InChI is InChI=1S/C40H49N7O9.CH2O2/c1-26(2)21-34(44-39(51)37(49)31(41)22-27-7-5-4-6-8-27)38(50)42-15-16-52-17-18-53-19-20-54-30-10-9-28(43-24-30)25-55-29-11-13-35-33(23-29)45-40(56-35)32-12-14-36(48)47(3)46-32;2-1-3/h4-14,23-24,26,31,34,37,49H,15-22,25,41H2,1-3H3,(H,42,50)(H,44,51);1H,(H,2,3)/t31-,34+,37+;/m1./s1. The largest absolute Gasteiger partial charge is 0.490 e. The number of pyridine rings is 1. The van der Waals surface area contributed by atoms with Crippen molar-refractivity contribution in [2.45, 2.75) is 51.5 Å². The summed E-state index contributed by atoms with van der Waals surface area (Å²) >= 11 is 0. The zero-order chi connectivity index (χ0) is 42.6. The summed E-state index contributed by atoms with van der Waals surface area (Å²) in [6.07, 6.45) is 0.876. The predicted octanol–water partition coefficient (Wildman–Crippen LogP) is 2.25. The van der Waals surface area contributed by atoms with Gasteiger partial charge in [0.2, 0.25) is 11.8 Å². The zero-order valence-corrected chi connectivity index (χ0v) is 33.2. The molecular formula is C41H51N7O11. The average Bonchev–Trinajstić information content (AvgIpc) is 3.65. The van der Waals surface area contributed by atoms with Crippen molar-refractivity contribution in [1.29, 1.82) is 0 Å². The van der Waals surface area contributed by atoms with E-state index in [9.17, 15) is 19.5 Å². The maximum Gasteiger partial charge on any atom is 0.290 e. The van der Waals surface area contributed by atoms with Gasteiger partial charge < -0.3 is 49.9 Å². The molecule has 59 heavy (non-hydrogen) atoms. The van der Waals surface area contributed by atoms with Crippen molar-refractivity contribution in [1.82, 2.24) is 30.4 Å². The van der Waals surface area contributed by atoms with E-state index in [1.165, 1.54) is 10.7 Å². The Morgan fingerprint density at radius 1 is 0.932 bits per heavy atom. The van der Waals surface area contributed by atoms with Crippen LogP contribution in [0.5, 0.6) is 11.5 Å². The normalized spacial score (nSPS) is 12.5. The Labute approximate surface area is 340 Å². The summed E-state index contributed by atoms with van der Waals surface area (Å²) < 4.78 is 29.8. The fourth-order valence-electron chi connectivity index (χ4n) is 5.52. The highest BCUT2D eigenvalue weighted by Crippen LogP contribution is 2.26. The fourth-order valence-corrected chi connectivity index (χ4v) is 5.52. The molecule has 3 heterocycles. The third-order valence-electron chi connectivity index (χ3n) is 8.47. The van der Waals surface area contributed by atoms with Gasteiger partial charge in [0.05, 0.1) is 38.3 Å². The molecule has 6 N–H and O–H groups in total.